The van der Waals surface area contributed by atoms with Gasteiger partial charge < -0.3 is 15.4 Å². The van der Waals surface area contributed by atoms with Crippen LogP contribution in [0.2, 0.25) is 0 Å². The number of ether oxygens (including phenoxy) is 1. The van der Waals surface area contributed by atoms with Crippen molar-refractivity contribution >= 4 is 11.8 Å². The second kappa shape index (κ2) is 7.81. The Kier molecular flexibility index (Phi) is 5.99. The first-order valence-corrected chi connectivity index (χ1v) is 7.68. The van der Waals surface area contributed by atoms with Gasteiger partial charge in [-0.05, 0) is 30.5 Å². The number of benzene rings is 1. The van der Waals surface area contributed by atoms with Crippen molar-refractivity contribution < 1.29 is 31.9 Å². The van der Waals surface area contributed by atoms with Gasteiger partial charge in [-0.1, -0.05) is 12.1 Å². The normalized spacial score (nSPS) is 17.0. The van der Waals surface area contributed by atoms with Crippen LogP contribution in [0.5, 0.6) is 0 Å². The van der Waals surface area contributed by atoms with E-state index >= 15 is 0 Å². The van der Waals surface area contributed by atoms with E-state index in [2.05, 4.69) is 5.32 Å². The quantitative estimate of drug-likeness (QED) is 0.633. The van der Waals surface area contributed by atoms with Gasteiger partial charge in [0.25, 0.3) is 0 Å². The first kappa shape index (κ1) is 19.2. The van der Waals surface area contributed by atoms with E-state index in [0.717, 1.165) is 5.56 Å². The number of hydrogen-bond donors (Lipinski definition) is 2. The van der Waals surface area contributed by atoms with Gasteiger partial charge >= 0.3 is 18.0 Å². The molecular weight excluding hydrogens is 344 g/mol. The second-order valence-electron chi connectivity index (χ2n) is 5.88. The molecule has 0 bridgehead atoms. The third kappa shape index (κ3) is 5.42. The first-order valence-electron chi connectivity index (χ1n) is 7.68. The Balaban J connectivity index is 2.02. The predicted molar refractivity (Wildman–Crippen MR) is 80.2 cm³/mol. The summed E-state index contributed by atoms with van der Waals surface area (Å²) in [6.07, 6.45) is -3.53. The molecule has 9 heteroatoms. The third-order valence-corrected chi connectivity index (χ3v) is 4.15. The van der Waals surface area contributed by atoms with Crippen molar-refractivity contribution in [2.24, 2.45) is 0 Å². The van der Waals surface area contributed by atoms with Crippen LogP contribution in [-0.2, 0) is 19.7 Å². The molecule has 25 heavy (non-hydrogen) atoms. The second-order valence-corrected chi connectivity index (χ2v) is 5.88. The number of halogens is 4. The van der Waals surface area contributed by atoms with E-state index in [-0.39, 0.29) is 6.54 Å². The summed E-state index contributed by atoms with van der Waals surface area (Å²) < 4.78 is 54.7. The van der Waals surface area contributed by atoms with Crippen LogP contribution >= 0.6 is 0 Å². The summed E-state index contributed by atoms with van der Waals surface area (Å²) in [5.74, 6) is -2.89. The molecule has 0 unspecified atom stereocenters. The van der Waals surface area contributed by atoms with Crippen LogP contribution in [0.1, 0.15) is 18.4 Å². The molecule has 1 aromatic rings. The SMILES string of the molecule is O=C(NCC(F)(F)F)C(=O)NCC1(c2ccc(F)cc2)CCOCC1. The van der Waals surface area contributed by atoms with Crippen LogP contribution in [0.15, 0.2) is 24.3 Å². The number of rotatable bonds is 4. The number of hydrogen-bond acceptors (Lipinski definition) is 3. The molecule has 138 valence electrons. The smallest absolute Gasteiger partial charge is 0.381 e. The van der Waals surface area contributed by atoms with Crippen LogP contribution in [0.3, 0.4) is 0 Å². The lowest BCUT2D eigenvalue weighted by atomic mass is 9.74. The number of amides is 2. The van der Waals surface area contributed by atoms with Gasteiger partial charge in [-0.15, -0.1) is 0 Å². The van der Waals surface area contributed by atoms with E-state index in [0.29, 0.717) is 26.1 Å². The van der Waals surface area contributed by atoms with Crippen molar-refractivity contribution in [1.82, 2.24) is 10.6 Å². The highest BCUT2D eigenvalue weighted by molar-refractivity contribution is 6.35. The van der Waals surface area contributed by atoms with Gasteiger partial charge in [-0.3, -0.25) is 9.59 Å². The van der Waals surface area contributed by atoms with Gasteiger partial charge in [0, 0.05) is 25.2 Å². The molecule has 2 N–H and O–H groups in total. The Labute approximate surface area is 141 Å². The maximum absolute atomic E-state index is 13.1. The van der Waals surface area contributed by atoms with Crippen molar-refractivity contribution in [2.45, 2.75) is 24.4 Å². The summed E-state index contributed by atoms with van der Waals surface area (Å²) in [6, 6.07) is 5.78. The van der Waals surface area contributed by atoms with Crippen molar-refractivity contribution in [3.05, 3.63) is 35.6 Å². The molecule has 2 amide bonds. The standard InChI is InChI=1S/C16H18F4N2O3/c17-12-3-1-11(2-4-12)15(5-7-25-8-6-15)9-21-13(23)14(24)22-10-16(18,19)20/h1-4H,5-10H2,(H,21,23)(H,22,24). The first-order chi connectivity index (χ1) is 11.7. The van der Waals surface area contributed by atoms with Crippen molar-refractivity contribution in [3.8, 4) is 0 Å². The van der Waals surface area contributed by atoms with Gasteiger partial charge in [0.15, 0.2) is 0 Å². The predicted octanol–water partition coefficient (Wildman–Crippen LogP) is 1.67. The zero-order valence-electron chi connectivity index (χ0n) is 13.3. The highest BCUT2D eigenvalue weighted by Crippen LogP contribution is 2.34. The van der Waals surface area contributed by atoms with Crippen LogP contribution in [-0.4, -0.2) is 44.3 Å². The van der Waals surface area contributed by atoms with Crippen LogP contribution in [0.25, 0.3) is 0 Å². The Morgan fingerprint density at radius 3 is 2.16 bits per heavy atom. The molecule has 1 aromatic carbocycles. The van der Waals surface area contributed by atoms with Crippen molar-refractivity contribution in [2.75, 3.05) is 26.3 Å². The summed E-state index contributed by atoms with van der Waals surface area (Å²) in [6.45, 7) is -0.683. The summed E-state index contributed by atoms with van der Waals surface area (Å²) in [5.41, 5.74) is 0.208. The maximum Gasteiger partial charge on any atom is 0.405 e. The molecule has 1 aliphatic rings. The van der Waals surface area contributed by atoms with E-state index in [9.17, 15) is 27.2 Å². The fourth-order valence-electron chi connectivity index (χ4n) is 2.72. The average Bonchev–Trinajstić information content (AvgIpc) is 2.58. The van der Waals surface area contributed by atoms with Crippen molar-refractivity contribution in [3.63, 3.8) is 0 Å². The summed E-state index contributed by atoms with van der Waals surface area (Å²) >= 11 is 0. The van der Waals surface area contributed by atoms with E-state index < -0.39 is 35.8 Å². The maximum atomic E-state index is 13.1. The summed E-state index contributed by atoms with van der Waals surface area (Å²) in [4.78, 5) is 23.2. The fraction of sp³-hybridized carbons (Fsp3) is 0.500. The average molecular weight is 362 g/mol. The Morgan fingerprint density at radius 1 is 1.04 bits per heavy atom. The molecule has 0 saturated carbocycles. The minimum Gasteiger partial charge on any atom is -0.381 e. The molecule has 1 fully saturated rings. The molecule has 0 radical (unpaired) electrons. The van der Waals surface area contributed by atoms with Gasteiger partial charge in [-0.25, -0.2) is 4.39 Å². The van der Waals surface area contributed by atoms with E-state index in [4.69, 9.17) is 4.74 Å². The zero-order valence-corrected chi connectivity index (χ0v) is 13.3. The molecule has 5 nitrogen and oxygen atoms in total. The molecule has 2 rings (SSSR count). The number of carbonyl (C=O) groups excluding carboxylic acids is 2. The van der Waals surface area contributed by atoms with E-state index in [1.54, 1.807) is 12.1 Å². The Bertz CT molecular complexity index is 611. The van der Waals surface area contributed by atoms with E-state index in [1.807, 2.05) is 0 Å². The van der Waals surface area contributed by atoms with Gasteiger partial charge in [0.2, 0.25) is 0 Å². The topological polar surface area (TPSA) is 67.4 Å². The molecule has 0 aromatic heterocycles. The van der Waals surface area contributed by atoms with Gasteiger partial charge in [0.1, 0.15) is 12.4 Å². The molecule has 0 aliphatic carbocycles. The minimum atomic E-state index is -4.59. The molecule has 1 aliphatic heterocycles. The highest BCUT2D eigenvalue weighted by atomic mass is 19.4. The van der Waals surface area contributed by atoms with Gasteiger partial charge in [-0.2, -0.15) is 13.2 Å². The van der Waals surface area contributed by atoms with Gasteiger partial charge in [0.05, 0.1) is 0 Å². The number of alkyl halides is 3. The molecule has 0 spiro atoms. The number of nitrogens with one attached hydrogen (secondary N) is 2. The van der Waals surface area contributed by atoms with Crippen molar-refractivity contribution in [1.29, 1.82) is 0 Å². The Hall–Kier alpha value is -2.16. The molecular formula is C16H18F4N2O3. The Morgan fingerprint density at radius 2 is 1.60 bits per heavy atom. The largest absolute Gasteiger partial charge is 0.405 e. The monoisotopic (exact) mass is 362 g/mol. The minimum absolute atomic E-state index is 0.0419. The van der Waals surface area contributed by atoms with E-state index in [1.165, 1.54) is 17.4 Å². The third-order valence-electron chi connectivity index (χ3n) is 4.15. The zero-order chi connectivity index (χ0) is 18.5. The van der Waals surface area contributed by atoms with Crippen LogP contribution < -0.4 is 10.6 Å². The lowest BCUT2D eigenvalue weighted by Crippen LogP contribution is -2.49. The van der Waals surface area contributed by atoms with Crippen LogP contribution in [0, 0.1) is 5.82 Å². The highest BCUT2D eigenvalue weighted by Gasteiger charge is 2.36. The summed E-state index contributed by atoms with van der Waals surface area (Å²) in [7, 11) is 0. The van der Waals surface area contributed by atoms with Crippen LogP contribution in [0.4, 0.5) is 17.6 Å². The number of carbonyl (C=O) groups is 2. The molecule has 1 saturated heterocycles. The lowest BCUT2D eigenvalue weighted by molar-refractivity contribution is -0.146. The lowest BCUT2D eigenvalue weighted by Gasteiger charge is -2.37. The fourth-order valence-corrected chi connectivity index (χ4v) is 2.72. The molecule has 0 atom stereocenters. The summed E-state index contributed by atoms with van der Waals surface area (Å²) in [5, 5.41) is 3.89. The molecule has 1 heterocycles.